The summed E-state index contributed by atoms with van der Waals surface area (Å²) in [6, 6.07) is 10.1. The van der Waals surface area contributed by atoms with E-state index in [1.165, 1.54) is 29.8 Å². The van der Waals surface area contributed by atoms with Gasteiger partial charge in [0.15, 0.2) is 5.69 Å². The number of nitro benzene ring substituents is 1. The maximum Gasteiger partial charge on any atom is 0.354 e. The molecule has 0 radical (unpaired) electrons. The molecule has 0 saturated carbocycles. The number of nitrogens with zero attached hydrogens (tertiary/aromatic N) is 3. The Hall–Kier alpha value is -4.21. The summed E-state index contributed by atoms with van der Waals surface area (Å²) in [5.41, 5.74) is -1.77. The number of nitrogens with one attached hydrogen (secondary N) is 1. The predicted octanol–water partition coefficient (Wildman–Crippen LogP) is 1.78. The average Bonchev–Trinajstić information content (AvgIpc) is 2.94. The van der Waals surface area contributed by atoms with Crippen molar-refractivity contribution in [2.24, 2.45) is 7.05 Å². The minimum atomic E-state index is -1.38. The highest BCUT2D eigenvalue weighted by atomic mass is 16.6. The molecule has 4 aromatic rings. The van der Waals surface area contributed by atoms with Gasteiger partial charge in [-0.25, -0.2) is 14.2 Å². The number of aromatic nitrogens is 3. The zero-order valence-electron chi connectivity index (χ0n) is 14.4. The number of carboxylic acids is 1. The number of carboxylic acid groups (broad SMARTS) is 1. The lowest BCUT2D eigenvalue weighted by Crippen LogP contribution is -2.34. The van der Waals surface area contributed by atoms with Crippen LogP contribution in [0.2, 0.25) is 0 Å². The summed E-state index contributed by atoms with van der Waals surface area (Å²) < 4.78 is 1.98. The number of para-hydroxylation sites is 1. The van der Waals surface area contributed by atoms with Crippen molar-refractivity contribution in [3.8, 4) is 5.69 Å². The minimum Gasteiger partial charge on any atom is -0.477 e. The SMILES string of the molecule is Cn1c(C(=O)O)c(-n2c(=O)[nH]c3ccccc3c2=O)c2cc([N+](=O)[O-])ccc21. The Kier molecular flexibility index (Phi) is 3.63. The summed E-state index contributed by atoms with van der Waals surface area (Å²) in [6.45, 7) is 0. The second-order valence-corrected chi connectivity index (χ2v) is 6.14. The summed E-state index contributed by atoms with van der Waals surface area (Å²) in [7, 11) is 1.45. The molecule has 28 heavy (non-hydrogen) atoms. The van der Waals surface area contributed by atoms with Gasteiger partial charge in [0.1, 0.15) is 0 Å². The van der Waals surface area contributed by atoms with E-state index in [2.05, 4.69) is 4.98 Å². The highest BCUT2D eigenvalue weighted by Crippen LogP contribution is 2.30. The molecule has 0 aliphatic rings. The molecule has 0 amide bonds. The highest BCUT2D eigenvalue weighted by molar-refractivity contribution is 6.03. The van der Waals surface area contributed by atoms with E-state index in [0.29, 0.717) is 15.6 Å². The Morgan fingerprint density at radius 1 is 1.14 bits per heavy atom. The van der Waals surface area contributed by atoms with Crippen LogP contribution in [0.4, 0.5) is 5.69 Å². The lowest BCUT2D eigenvalue weighted by Gasteiger charge is -2.07. The Morgan fingerprint density at radius 3 is 2.54 bits per heavy atom. The van der Waals surface area contributed by atoms with Gasteiger partial charge in [0.05, 0.1) is 27.0 Å². The molecule has 0 fully saturated rings. The number of fused-ring (bicyclic) bond motifs is 2. The molecule has 0 saturated heterocycles. The van der Waals surface area contributed by atoms with Crippen molar-refractivity contribution >= 4 is 33.5 Å². The molecule has 10 heteroatoms. The van der Waals surface area contributed by atoms with Crippen LogP contribution >= 0.6 is 0 Å². The van der Waals surface area contributed by atoms with E-state index in [1.54, 1.807) is 18.2 Å². The maximum atomic E-state index is 13.0. The third kappa shape index (κ3) is 2.31. The number of rotatable bonds is 3. The van der Waals surface area contributed by atoms with Gasteiger partial charge in [0.25, 0.3) is 11.2 Å². The Bertz CT molecular complexity index is 1430. The summed E-state index contributed by atoms with van der Waals surface area (Å²) in [6.07, 6.45) is 0. The molecule has 0 aliphatic heterocycles. The second-order valence-electron chi connectivity index (χ2n) is 6.14. The van der Waals surface area contributed by atoms with Crippen LogP contribution < -0.4 is 11.2 Å². The first-order valence-corrected chi connectivity index (χ1v) is 8.06. The van der Waals surface area contributed by atoms with Crippen LogP contribution in [-0.2, 0) is 7.05 Å². The largest absolute Gasteiger partial charge is 0.477 e. The van der Waals surface area contributed by atoms with Gasteiger partial charge in [-0.1, -0.05) is 12.1 Å². The summed E-state index contributed by atoms with van der Waals surface area (Å²) >= 11 is 0. The van der Waals surface area contributed by atoms with E-state index < -0.39 is 22.1 Å². The number of hydrogen-bond acceptors (Lipinski definition) is 5. The lowest BCUT2D eigenvalue weighted by atomic mass is 10.2. The molecular formula is C18H12N4O6. The van der Waals surface area contributed by atoms with Crippen molar-refractivity contribution in [1.29, 1.82) is 0 Å². The Balaban J connectivity index is 2.25. The number of aromatic carboxylic acids is 1. The van der Waals surface area contributed by atoms with E-state index in [-0.39, 0.29) is 27.8 Å². The van der Waals surface area contributed by atoms with Gasteiger partial charge < -0.3 is 14.7 Å². The van der Waals surface area contributed by atoms with Crippen LogP contribution in [0.15, 0.2) is 52.1 Å². The molecule has 2 aromatic carbocycles. The molecule has 10 nitrogen and oxygen atoms in total. The van der Waals surface area contributed by atoms with Crippen LogP contribution in [0.25, 0.3) is 27.5 Å². The number of aromatic amines is 1. The smallest absolute Gasteiger partial charge is 0.354 e. The predicted molar refractivity (Wildman–Crippen MR) is 100 cm³/mol. The van der Waals surface area contributed by atoms with E-state index in [9.17, 15) is 29.6 Å². The second kappa shape index (κ2) is 5.91. The Morgan fingerprint density at radius 2 is 1.86 bits per heavy atom. The van der Waals surface area contributed by atoms with E-state index >= 15 is 0 Å². The molecule has 140 valence electrons. The van der Waals surface area contributed by atoms with Gasteiger partial charge in [-0.2, -0.15) is 0 Å². The number of benzene rings is 2. The highest BCUT2D eigenvalue weighted by Gasteiger charge is 2.26. The fourth-order valence-electron chi connectivity index (χ4n) is 3.36. The van der Waals surface area contributed by atoms with Gasteiger partial charge >= 0.3 is 11.7 Å². The molecular weight excluding hydrogens is 368 g/mol. The maximum absolute atomic E-state index is 13.0. The van der Waals surface area contributed by atoms with Crippen LogP contribution in [-0.4, -0.2) is 30.1 Å². The van der Waals surface area contributed by atoms with Gasteiger partial charge in [0.2, 0.25) is 0 Å². The van der Waals surface area contributed by atoms with Gasteiger partial charge in [-0.05, 0) is 18.2 Å². The van der Waals surface area contributed by atoms with Crippen LogP contribution in [0.1, 0.15) is 10.5 Å². The number of carbonyl (C=O) groups is 1. The molecule has 2 N–H and O–H groups in total. The standard InChI is InChI=1S/C18H12N4O6/c1-20-13-7-6-9(22(27)28)8-11(13)14(15(20)17(24)25)21-16(23)10-4-2-3-5-12(10)19-18(21)26/h2-8H,1H3,(H,19,26)(H,24,25). The van der Waals surface area contributed by atoms with Crippen molar-refractivity contribution in [3.05, 3.63) is 79.1 Å². The fraction of sp³-hybridized carbons (Fsp3) is 0.0556. The topological polar surface area (TPSA) is 140 Å². The number of aryl methyl sites for hydroxylation is 1. The first kappa shape index (κ1) is 17.2. The van der Waals surface area contributed by atoms with Crippen molar-refractivity contribution < 1.29 is 14.8 Å². The van der Waals surface area contributed by atoms with Crippen LogP contribution in [0, 0.1) is 10.1 Å². The molecule has 2 aromatic heterocycles. The summed E-state index contributed by atoms with van der Waals surface area (Å²) in [5, 5.41) is 21.2. The van der Waals surface area contributed by atoms with Crippen molar-refractivity contribution in [2.75, 3.05) is 0 Å². The normalized spacial score (nSPS) is 11.2. The molecule has 2 heterocycles. The molecule has 0 atom stereocenters. The van der Waals surface area contributed by atoms with Crippen LogP contribution in [0.5, 0.6) is 0 Å². The Labute approximate surface area is 155 Å². The van der Waals surface area contributed by atoms with Gasteiger partial charge in [0, 0.05) is 24.6 Å². The monoisotopic (exact) mass is 380 g/mol. The van der Waals surface area contributed by atoms with Gasteiger partial charge in [-0.3, -0.25) is 14.9 Å². The van der Waals surface area contributed by atoms with Gasteiger partial charge in [-0.15, -0.1) is 0 Å². The molecule has 0 unspecified atom stereocenters. The summed E-state index contributed by atoms with van der Waals surface area (Å²) in [4.78, 5) is 50.7. The number of H-pyrrole nitrogens is 1. The molecule has 0 bridgehead atoms. The first-order valence-electron chi connectivity index (χ1n) is 8.06. The van der Waals surface area contributed by atoms with Crippen molar-refractivity contribution in [3.63, 3.8) is 0 Å². The first-order chi connectivity index (χ1) is 13.3. The van der Waals surface area contributed by atoms with E-state index in [0.717, 1.165) is 6.07 Å². The molecule has 0 spiro atoms. The number of hydrogen-bond donors (Lipinski definition) is 2. The minimum absolute atomic E-state index is 0.108. The molecule has 0 aliphatic carbocycles. The number of nitro groups is 1. The van der Waals surface area contributed by atoms with Crippen LogP contribution in [0.3, 0.4) is 0 Å². The molecule has 4 rings (SSSR count). The van der Waals surface area contributed by atoms with E-state index in [4.69, 9.17) is 0 Å². The third-order valence-electron chi connectivity index (χ3n) is 4.60. The zero-order chi connectivity index (χ0) is 20.2. The van der Waals surface area contributed by atoms with Crippen molar-refractivity contribution in [2.45, 2.75) is 0 Å². The fourth-order valence-corrected chi connectivity index (χ4v) is 3.36. The summed E-state index contributed by atoms with van der Waals surface area (Å²) in [5.74, 6) is -1.38. The zero-order valence-corrected chi connectivity index (χ0v) is 14.4. The quantitative estimate of drug-likeness (QED) is 0.410. The lowest BCUT2D eigenvalue weighted by molar-refractivity contribution is -0.384. The third-order valence-corrected chi connectivity index (χ3v) is 4.60. The van der Waals surface area contributed by atoms with Crippen molar-refractivity contribution in [1.82, 2.24) is 14.1 Å². The van der Waals surface area contributed by atoms with E-state index in [1.807, 2.05) is 0 Å². The average molecular weight is 380 g/mol. The number of non-ortho nitro benzene ring substituents is 1.